The van der Waals surface area contributed by atoms with Crippen molar-refractivity contribution in [3.8, 4) is 11.8 Å². The number of aromatic nitrogens is 1. The molecule has 5 heteroatoms. The minimum absolute atomic E-state index is 0.267. The number of ether oxygens (including phenoxy) is 1. The molecule has 0 fully saturated rings. The van der Waals surface area contributed by atoms with E-state index in [-0.39, 0.29) is 5.41 Å². The minimum atomic E-state index is -0.267. The molecular weight excluding hydrogens is 312 g/mol. The molecule has 1 aliphatic heterocycles. The zero-order valence-corrected chi connectivity index (χ0v) is 13.6. The van der Waals surface area contributed by atoms with E-state index in [2.05, 4.69) is 6.07 Å². The first-order valence-corrected chi connectivity index (χ1v) is 7.57. The van der Waals surface area contributed by atoms with Gasteiger partial charge < -0.3 is 9.94 Å². The highest BCUT2D eigenvalue weighted by atomic mass is 35.5. The molecule has 1 aromatic heterocycles. The van der Waals surface area contributed by atoms with Gasteiger partial charge in [-0.1, -0.05) is 31.5 Å². The second-order valence-electron chi connectivity index (χ2n) is 6.19. The SMILES string of the molecule is CC1(C)C=C(c2cccc[n+]2[O-])c2cc(C#N)c(Cl)cc2OC1. The molecule has 1 aliphatic rings. The van der Waals surface area contributed by atoms with Crippen LogP contribution in [0.15, 0.2) is 42.6 Å². The Morgan fingerprint density at radius 1 is 1.35 bits per heavy atom. The molecule has 0 unspecified atom stereocenters. The van der Waals surface area contributed by atoms with Crippen LogP contribution in [0.25, 0.3) is 5.57 Å². The third-order valence-electron chi connectivity index (χ3n) is 3.71. The maximum atomic E-state index is 12.2. The summed E-state index contributed by atoms with van der Waals surface area (Å²) in [6, 6.07) is 10.6. The Labute approximate surface area is 139 Å². The van der Waals surface area contributed by atoms with Gasteiger partial charge in [-0.3, -0.25) is 0 Å². The van der Waals surface area contributed by atoms with E-state index >= 15 is 0 Å². The van der Waals surface area contributed by atoms with Crippen LogP contribution in [0.5, 0.6) is 5.75 Å². The number of benzene rings is 1. The van der Waals surface area contributed by atoms with Crippen LogP contribution >= 0.6 is 11.6 Å². The lowest BCUT2D eigenvalue weighted by molar-refractivity contribution is -0.607. The molecule has 2 heterocycles. The maximum Gasteiger partial charge on any atom is 0.224 e. The van der Waals surface area contributed by atoms with Crippen molar-refractivity contribution >= 4 is 17.2 Å². The van der Waals surface area contributed by atoms with E-state index in [4.69, 9.17) is 16.3 Å². The largest absolute Gasteiger partial charge is 0.618 e. The second-order valence-corrected chi connectivity index (χ2v) is 6.59. The van der Waals surface area contributed by atoms with Crippen molar-refractivity contribution in [3.05, 3.63) is 69.7 Å². The topological polar surface area (TPSA) is 60.0 Å². The molecule has 0 saturated heterocycles. The summed E-state index contributed by atoms with van der Waals surface area (Å²) in [4.78, 5) is 0. The molecule has 0 N–H and O–H groups in total. The fraction of sp³-hybridized carbons (Fsp3) is 0.222. The highest BCUT2D eigenvalue weighted by molar-refractivity contribution is 6.32. The van der Waals surface area contributed by atoms with Gasteiger partial charge >= 0.3 is 0 Å². The fourth-order valence-corrected chi connectivity index (χ4v) is 2.79. The molecule has 23 heavy (non-hydrogen) atoms. The first-order chi connectivity index (χ1) is 10.9. The quantitative estimate of drug-likeness (QED) is 0.593. The van der Waals surface area contributed by atoms with Gasteiger partial charge in [0.1, 0.15) is 11.8 Å². The maximum absolute atomic E-state index is 12.2. The highest BCUT2D eigenvalue weighted by Crippen LogP contribution is 2.39. The van der Waals surface area contributed by atoms with Crippen LogP contribution in [0.1, 0.15) is 30.7 Å². The molecule has 2 aromatic rings. The Kier molecular flexibility index (Phi) is 3.75. The summed E-state index contributed by atoms with van der Waals surface area (Å²) in [7, 11) is 0. The van der Waals surface area contributed by atoms with Crippen LogP contribution in [0, 0.1) is 22.0 Å². The van der Waals surface area contributed by atoms with Gasteiger partial charge in [0.15, 0.2) is 6.20 Å². The highest BCUT2D eigenvalue weighted by Gasteiger charge is 2.28. The monoisotopic (exact) mass is 326 g/mol. The van der Waals surface area contributed by atoms with E-state index in [9.17, 15) is 10.5 Å². The number of rotatable bonds is 1. The van der Waals surface area contributed by atoms with E-state index in [1.54, 1.807) is 24.3 Å². The summed E-state index contributed by atoms with van der Waals surface area (Å²) in [6.45, 7) is 4.52. The van der Waals surface area contributed by atoms with Gasteiger partial charge in [0.05, 0.1) is 22.8 Å². The standard InChI is InChI=1S/C18H15ClN2O2/c1-18(2)9-14(16-5-3-4-6-21(16)22)13-7-12(10-20)15(19)8-17(13)23-11-18/h3-9H,11H2,1-2H3. The molecule has 3 rings (SSSR count). The minimum Gasteiger partial charge on any atom is -0.618 e. The van der Waals surface area contributed by atoms with Crippen LogP contribution in [-0.2, 0) is 0 Å². The second kappa shape index (κ2) is 5.60. The molecule has 0 atom stereocenters. The average Bonchev–Trinajstić information content (AvgIpc) is 2.63. The molecule has 0 bridgehead atoms. The average molecular weight is 327 g/mol. The van der Waals surface area contributed by atoms with E-state index in [1.807, 2.05) is 26.0 Å². The molecule has 0 radical (unpaired) electrons. The van der Waals surface area contributed by atoms with Gasteiger partial charge in [0.25, 0.3) is 0 Å². The van der Waals surface area contributed by atoms with Gasteiger partial charge in [-0.2, -0.15) is 9.99 Å². The number of halogens is 1. The lowest BCUT2D eigenvalue weighted by atomic mass is 9.89. The number of nitrogens with zero attached hydrogens (tertiary/aromatic N) is 2. The van der Waals surface area contributed by atoms with Crippen molar-refractivity contribution in [2.75, 3.05) is 6.61 Å². The van der Waals surface area contributed by atoms with Crippen molar-refractivity contribution < 1.29 is 9.47 Å². The Bertz CT molecular complexity index is 851. The first-order valence-electron chi connectivity index (χ1n) is 7.19. The van der Waals surface area contributed by atoms with Crippen molar-refractivity contribution in [1.82, 2.24) is 0 Å². The van der Waals surface area contributed by atoms with Gasteiger partial charge in [0.2, 0.25) is 5.69 Å². The van der Waals surface area contributed by atoms with Crippen molar-refractivity contribution in [3.63, 3.8) is 0 Å². The van der Waals surface area contributed by atoms with Gasteiger partial charge in [-0.05, 0) is 12.1 Å². The van der Waals surface area contributed by atoms with Crippen molar-refractivity contribution in [2.24, 2.45) is 5.41 Å². The predicted octanol–water partition coefficient (Wildman–Crippen LogP) is 3.70. The van der Waals surface area contributed by atoms with Crippen LogP contribution in [-0.4, -0.2) is 6.61 Å². The zero-order chi connectivity index (χ0) is 16.6. The molecule has 4 nitrogen and oxygen atoms in total. The van der Waals surface area contributed by atoms with E-state index < -0.39 is 0 Å². The Hall–Kier alpha value is -2.51. The normalized spacial score (nSPS) is 15.7. The van der Waals surface area contributed by atoms with Crippen molar-refractivity contribution in [1.29, 1.82) is 5.26 Å². The molecule has 116 valence electrons. The Balaban J connectivity index is 2.30. The fourth-order valence-electron chi connectivity index (χ4n) is 2.59. The van der Waals surface area contributed by atoms with Crippen LogP contribution in [0.4, 0.5) is 0 Å². The smallest absolute Gasteiger partial charge is 0.224 e. The van der Waals surface area contributed by atoms with Gasteiger partial charge in [-0.25, -0.2) is 0 Å². The molecule has 1 aromatic carbocycles. The van der Waals surface area contributed by atoms with Crippen molar-refractivity contribution in [2.45, 2.75) is 13.8 Å². The molecule has 0 amide bonds. The Morgan fingerprint density at radius 3 is 2.83 bits per heavy atom. The van der Waals surface area contributed by atoms with E-state index in [0.29, 0.717) is 34.2 Å². The molecule has 0 aliphatic carbocycles. The van der Waals surface area contributed by atoms with Crippen LogP contribution in [0.2, 0.25) is 5.02 Å². The molecule has 0 spiro atoms. The van der Waals surface area contributed by atoms with Gasteiger partial charge in [0, 0.05) is 29.2 Å². The summed E-state index contributed by atoms with van der Waals surface area (Å²) in [5.74, 6) is 0.578. The van der Waals surface area contributed by atoms with E-state index in [0.717, 1.165) is 10.3 Å². The third-order valence-corrected chi connectivity index (χ3v) is 4.03. The third kappa shape index (κ3) is 2.88. The lowest BCUT2D eigenvalue weighted by Crippen LogP contribution is -2.30. The van der Waals surface area contributed by atoms with Gasteiger partial charge in [-0.15, -0.1) is 0 Å². The summed E-state index contributed by atoms with van der Waals surface area (Å²) in [5.41, 5.74) is 2.04. The number of pyridine rings is 1. The summed E-state index contributed by atoms with van der Waals surface area (Å²) in [5, 5.41) is 21.8. The molecular formula is C18H15ClN2O2. The predicted molar refractivity (Wildman–Crippen MR) is 87.9 cm³/mol. The number of hydrogen-bond donors (Lipinski definition) is 0. The number of hydrogen-bond acceptors (Lipinski definition) is 3. The van der Waals surface area contributed by atoms with Crippen LogP contribution < -0.4 is 9.47 Å². The Morgan fingerprint density at radius 2 is 2.13 bits per heavy atom. The summed E-state index contributed by atoms with van der Waals surface area (Å²) < 4.78 is 6.70. The summed E-state index contributed by atoms with van der Waals surface area (Å²) in [6.07, 6.45) is 3.47. The lowest BCUT2D eigenvalue weighted by Gasteiger charge is -2.18. The summed E-state index contributed by atoms with van der Waals surface area (Å²) >= 11 is 6.12. The van der Waals surface area contributed by atoms with Crippen LogP contribution in [0.3, 0.4) is 0 Å². The zero-order valence-electron chi connectivity index (χ0n) is 12.8. The van der Waals surface area contributed by atoms with E-state index in [1.165, 1.54) is 6.20 Å². The number of nitriles is 1. The number of fused-ring (bicyclic) bond motifs is 1. The first kappa shape index (κ1) is 15.4. The molecule has 0 saturated carbocycles.